The summed E-state index contributed by atoms with van der Waals surface area (Å²) in [6.45, 7) is 3.77. The molecule has 1 saturated carbocycles. The molecule has 0 aliphatic heterocycles. The number of nitrogens with zero attached hydrogens (tertiary/aromatic N) is 1. The van der Waals surface area contributed by atoms with E-state index in [0.717, 1.165) is 32.0 Å². The van der Waals surface area contributed by atoms with E-state index in [4.69, 9.17) is 5.73 Å². The Balaban J connectivity index is 2.00. The molecule has 1 aliphatic carbocycles. The molecular weight excluding hydrogens is 202 g/mol. The maximum absolute atomic E-state index is 11.5. The Labute approximate surface area is 98.6 Å². The molecule has 4 nitrogen and oxygen atoms in total. The molecular formula is C12H25N3O. The summed E-state index contributed by atoms with van der Waals surface area (Å²) in [5, 5.41) is 2.92. The van der Waals surface area contributed by atoms with Crippen LogP contribution in [0.2, 0.25) is 0 Å². The molecule has 0 aromatic rings. The van der Waals surface area contributed by atoms with Crippen molar-refractivity contribution in [3.05, 3.63) is 0 Å². The van der Waals surface area contributed by atoms with E-state index in [1.165, 1.54) is 12.8 Å². The predicted molar refractivity (Wildman–Crippen MR) is 66.2 cm³/mol. The van der Waals surface area contributed by atoms with Gasteiger partial charge in [-0.2, -0.15) is 0 Å². The molecule has 1 amide bonds. The Bertz CT molecular complexity index is 216. The number of carbonyl (C=O) groups is 1. The van der Waals surface area contributed by atoms with Crippen molar-refractivity contribution >= 4 is 5.91 Å². The van der Waals surface area contributed by atoms with Crippen LogP contribution in [0, 0.1) is 0 Å². The van der Waals surface area contributed by atoms with Gasteiger partial charge in [-0.15, -0.1) is 0 Å². The highest BCUT2D eigenvalue weighted by atomic mass is 16.1. The number of amides is 1. The topological polar surface area (TPSA) is 58.4 Å². The second-order valence-electron chi connectivity index (χ2n) is 4.81. The monoisotopic (exact) mass is 227 g/mol. The van der Waals surface area contributed by atoms with E-state index in [1.807, 2.05) is 0 Å². The molecule has 0 saturated heterocycles. The molecule has 1 unspecified atom stereocenters. The van der Waals surface area contributed by atoms with Crippen molar-refractivity contribution < 1.29 is 4.79 Å². The largest absolute Gasteiger partial charge is 0.355 e. The summed E-state index contributed by atoms with van der Waals surface area (Å²) in [6.07, 6.45) is 5.05. The molecule has 16 heavy (non-hydrogen) atoms. The Hall–Kier alpha value is -0.610. The van der Waals surface area contributed by atoms with Gasteiger partial charge >= 0.3 is 0 Å². The summed E-state index contributed by atoms with van der Waals surface area (Å²) in [5.74, 6) is 0.0881. The summed E-state index contributed by atoms with van der Waals surface area (Å²) in [7, 11) is 2.12. The van der Waals surface area contributed by atoms with E-state index in [1.54, 1.807) is 0 Å². The highest BCUT2D eigenvalue weighted by Gasteiger charge is 2.25. The highest BCUT2D eigenvalue weighted by molar-refractivity contribution is 5.76. The maximum Gasteiger partial charge on any atom is 0.221 e. The van der Waals surface area contributed by atoms with E-state index < -0.39 is 0 Å². The molecule has 1 aliphatic rings. The van der Waals surface area contributed by atoms with Crippen LogP contribution in [0.25, 0.3) is 0 Å². The molecule has 1 fully saturated rings. The van der Waals surface area contributed by atoms with Crippen LogP contribution in [0.4, 0.5) is 0 Å². The van der Waals surface area contributed by atoms with Gasteiger partial charge in [0, 0.05) is 31.6 Å². The van der Waals surface area contributed by atoms with Gasteiger partial charge in [0.1, 0.15) is 0 Å². The molecule has 94 valence electrons. The second-order valence-corrected chi connectivity index (χ2v) is 4.81. The van der Waals surface area contributed by atoms with Gasteiger partial charge in [0.2, 0.25) is 5.91 Å². The fourth-order valence-electron chi connectivity index (χ4n) is 1.85. The number of nitrogens with one attached hydrogen (secondary N) is 1. The van der Waals surface area contributed by atoms with E-state index in [-0.39, 0.29) is 11.9 Å². The van der Waals surface area contributed by atoms with Gasteiger partial charge in [-0.25, -0.2) is 0 Å². The van der Waals surface area contributed by atoms with E-state index >= 15 is 0 Å². The third-order valence-corrected chi connectivity index (χ3v) is 3.06. The number of likely N-dealkylation sites (N-methyl/N-ethyl adjacent to an activating group) is 1. The molecule has 0 aromatic carbocycles. The van der Waals surface area contributed by atoms with Crippen molar-refractivity contribution in [2.75, 3.05) is 20.1 Å². The first-order valence-corrected chi connectivity index (χ1v) is 6.36. The molecule has 0 radical (unpaired) electrons. The van der Waals surface area contributed by atoms with Gasteiger partial charge in [0.05, 0.1) is 0 Å². The zero-order valence-electron chi connectivity index (χ0n) is 10.5. The van der Waals surface area contributed by atoms with Gasteiger partial charge in [0.25, 0.3) is 0 Å². The molecule has 3 N–H and O–H groups in total. The van der Waals surface area contributed by atoms with Gasteiger partial charge in [-0.05, 0) is 26.3 Å². The zero-order chi connectivity index (χ0) is 12.0. The van der Waals surface area contributed by atoms with Crippen molar-refractivity contribution in [1.29, 1.82) is 0 Å². The number of hydrogen-bond acceptors (Lipinski definition) is 3. The standard InChI is InChI=1S/C12H25N3O/c1-3-4-10(13)9-12(16)14-7-8-15(2)11-5-6-11/h10-11H,3-9,13H2,1-2H3,(H,14,16). The SMILES string of the molecule is CCCC(N)CC(=O)NCCN(C)C1CC1. The van der Waals surface area contributed by atoms with Crippen LogP contribution >= 0.6 is 0 Å². The summed E-state index contributed by atoms with van der Waals surface area (Å²) < 4.78 is 0. The highest BCUT2D eigenvalue weighted by Crippen LogP contribution is 2.24. The van der Waals surface area contributed by atoms with Crippen molar-refractivity contribution in [3.8, 4) is 0 Å². The molecule has 0 heterocycles. The summed E-state index contributed by atoms with van der Waals surface area (Å²) in [5.41, 5.74) is 5.80. The van der Waals surface area contributed by atoms with Gasteiger partial charge in [-0.1, -0.05) is 13.3 Å². The van der Waals surface area contributed by atoms with Crippen LogP contribution in [0.1, 0.15) is 39.0 Å². The lowest BCUT2D eigenvalue weighted by Gasteiger charge is -2.16. The van der Waals surface area contributed by atoms with Crippen LogP contribution in [-0.4, -0.2) is 43.0 Å². The van der Waals surface area contributed by atoms with E-state index in [2.05, 4.69) is 24.2 Å². The smallest absolute Gasteiger partial charge is 0.221 e. The Morgan fingerprint density at radius 1 is 1.56 bits per heavy atom. The van der Waals surface area contributed by atoms with Crippen molar-refractivity contribution in [1.82, 2.24) is 10.2 Å². The Morgan fingerprint density at radius 2 is 2.25 bits per heavy atom. The van der Waals surface area contributed by atoms with E-state index in [9.17, 15) is 4.79 Å². The fraction of sp³-hybridized carbons (Fsp3) is 0.917. The average Bonchev–Trinajstić information content (AvgIpc) is 3.00. The lowest BCUT2D eigenvalue weighted by atomic mass is 10.1. The summed E-state index contributed by atoms with van der Waals surface area (Å²) >= 11 is 0. The third kappa shape index (κ3) is 5.47. The maximum atomic E-state index is 11.5. The van der Waals surface area contributed by atoms with Crippen LogP contribution in [0.5, 0.6) is 0 Å². The molecule has 0 aromatic heterocycles. The number of rotatable bonds is 8. The number of carbonyl (C=O) groups excluding carboxylic acids is 1. The summed E-state index contributed by atoms with van der Waals surface area (Å²) in [6, 6.07) is 0.783. The zero-order valence-corrected chi connectivity index (χ0v) is 10.5. The van der Waals surface area contributed by atoms with Crippen molar-refractivity contribution in [2.45, 2.75) is 51.1 Å². The minimum absolute atomic E-state index is 0.0196. The minimum atomic E-state index is 0.0196. The number of nitrogens with two attached hydrogens (primary N) is 1. The third-order valence-electron chi connectivity index (χ3n) is 3.06. The van der Waals surface area contributed by atoms with Crippen LogP contribution in [-0.2, 0) is 4.79 Å². The van der Waals surface area contributed by atoms with Crippen molar-refractivity contribution in [2.24, 2.45) is 5.73 Å². The second kappa shape index (κ2) is 6.86. The molecule has 4 heteroatoms. The first kappa shape index (κ1) is 13.5. The normalized spacial score (nSPS) is 17.5. The van der Waals surface area contributed by atoms with E-state index in [0.29, 0.717) is 6.42 Å². The summed E-state index contributed by atoms with van der Waals surface area (Å²) in [4.78, 5) is 13.8. The lowest BCUT2D eigenvalue weighted by molar-refractivity contribution is -0.121. The van der Waals surface area contributed by atoms with Crippen LogP contribution in [0.15, 0.2) is 0 Å². The Kier molecular flexibility index (Phi) is 5.77. The average molecular weight is 227 g/mol. The lowest BCUT2D eigenvalue weighted by Crippen LogP contribution is -2.36. The number of hydrogen-bond donors (Lipinski definition) is 2. The minimum Gasteiger partial charge on any atom is -0.355 e. The quantitative estimate of drug-likeness (QED) is 0.642. The van der Waals surface area contributed by atoms with Gasteiger partial charge < -0.3 is 16.0 Å². The molecule has 1 atom stereocenters. The molecule has 0 spiro atoms. The van der Waals surface area contributed by atoms with Gasteiger partial charge in [-0.3, -0.25) is 4.79 Å². The van der Waals surface area contributed by atoms with Gasteiger partial charge in [0.15, 0.2) is 0 Å². The first-order valence-electron chi connectivity index (χ1n) is 6.36. The van der Waals surface area contributed by atoms with Crippen LogP contribution < -0.4 is 11.1 Å². The van der Waals surface area contributed by atoms with Crippen LogP contribution in [0.3, 0.4) is 0 Å². The Morgan fingerprint density at radius 3 is 2.81 bits per heavy atom. The molecule has 1 rings (SSSR count). The van der Waals surface area contributed by atoms with Crippen molar-refractivity contribution in [3.63, 3.8) is 0 Å². The predicted octanol–water partition coefficient (Wildman–Crippen LogP) is 0.714. The molecule has 0 bridgehead atoms. The fourth-order valence-corrected chi connectivity index (χ4v) is 1.85. The first-order chi connectivity index (χ1) is 7.63.